The van der Waals surface area contributed by atoms with Gasteiger partial charge in [0, 0.05) is 11.8 Å². The fraction of sp³-hybridized carbons (Fsp3) is 0.182. The highest BCUT2D eigenvalue weighted by atomic mass is 16.5. The number of ether oxygens (including phenoxy) is 1. The summed E-state index contributed by atoms with van der Waals surface area (Å²) in [6, 6.07) is 5.60. The molecule has 78 valence electrons. The van der Waals surface area contributed by atoms with Gasteiger partial charge in [0.15, 0.2) is 0 Å². The van der Waals surface area contributed by atoms with Crippen LogP contribution in [0.3, 0.4) is 0 Å². The molecule has 2 rings (SSSR count). The minimum Gasteiger partial charge on any atom is -0.464 e. The van der Waals surface area contributed by atoms with Gasteiger partial charge < -0.3 is 14.9 Å². The quantitative estimate of drug-likeness (QED) is 0.718. The van der Waals surface area contributed by atoms with Crippen molar-refractivity contribution < 1.29 is 9.53 Å². The van der Waals surface area contributed by atoms with Gasteiger partial charge in [0.25, 0.3) is 0 Å². The molecule has 2 aromatic rings. The number of methoxy groups -OCH3 is 1. The highest BCUT2D eigenvalue weighted by Gasteiger charge is 2.18. The molecule has 2 heterocycles. The van der Waals surface area contributed by atoms with E-state index in [0.717, 1.165) is 11.1 Å². The third-order valence-electron chi connectivity index (χ3n) is 2.51. The van der Waals surface area contributed by atoms with Gasteiger partial charge in [0.2, 0.25) is 0 Å². The third kappa shape index (κ3) is 1.26. The molecular formula is C11H12N2O2. The van der Waals surface area contributed by atoms with E-state index in [-0.39, 0.29) is 5.97 Å². The SMILES string of the molecule is COC(=O)c1c(C)c(N)c2ccccn12. The molecule has 0 bridgehead atoms. The van der Waals surface area contributed by atoms with Gasteiger partial charge in [-0.2, -0.15) is 0 Å². The van der Waals surface area contributed by atoms with Crippen LogP contribution < -0.4 is 5.73 Å². The average molecular weight is 204 g/mol. The largest absolute Gasteiger partial charge is 0.464 e. The topological polar surface area (TPSA) is 56.7 Å². The van der Waals surface area contributed by atoms with Crippen LogP contribution in [-0.4, -0.2) is 17.5 Å². The Bertz CT molecular complexity index is 529. The first-order valence-corrected chi connectivity index (χ1v) is 4.60. The van der Waals surface area contributed by atoms with Crippen LogP contribution >= 0.6 is 0 Å². The molecular weight excluding hydrogens is 192 g/mol. The number of nitrogens with two attached hydrogens (primary N) is 1. The molecule has 2 aromatic heterocycles. The highest BCUT2D eigenvalue weighted by Crippen LogP contribution is 2.25. The zero-order valence-electron chi connectivity index (χ0n) is 8.65. The van der Waals surface area contributed by atoms with Crippen molar-refractivity contribution in [1.82, 2.24) is 4.40 Å². The lowest BCUT2D eigenvalue weighted by molar-refractivity contribution is 0.0592. The van der Waals surface area contributed by atoms with Crippen molar-refractivity contribution in [2.24, 2.45) is 0 Å². The van der Waals surface area contributed by atoms with E-state index in [1.807, 2.05) is 25.1 Å². The van der Waals surface area contributed by atoms with Gasteiger partial charge in [-0.05, 0) is 19.1 Å². The molecule has 0 atom stereocenters. The number of hydrogen-bond acceptors (Lipinski definition) is 3. The fourth-order valence-electron chi connectivity index (χ4n) is 1.71. The lowest BCUT2D eigenvalue weighted by Crippen LogP contribution is -2.06. The van der Waals surface area contributed by atoms with Crippen LogP contribution in [0.5, 0.6) is 0 Å². The molecule has 15 heavy (non-hydrogen) atoms. The Labute approximate surface area is 87.3 Å². The van der Waals surface area contributed by atoms with Crippen LogP contribution in [0.1, 0.15) is 16.1 Å². The standard InChI is InChI=1S/C11H12N2O2/c1-7-9(12)8-5-3-4-6-13(8)10(7)11(14)15-2/h3-6H,12H2,1-2H3. The maximum atomic E-state index is 11.6. The first-order chi connectivity index (χ1) is 7.16. The summed E-state index contributed by atoms with van der Waals surface area (Å²) in [5.41, 5.74) is 8.60. The summed E-state index contributed by atoms with van der Waals surface area (Å²) in [4.78, 5) is 11.6. The van der Waals surface area contributed by atoms with Crippen LogP contribution in [0.25, 0.3) is 5.52 Å². The third-order valence-corrected chi connectivity index (χ3v) is 2.51. The monoisotopic (exact) mass is 204 g/mol. The lowest BCUT2D eigenvalue weighted by atomic mass is 10.2. The van der Waals surface area contributed by atoms with E-state index < -0.39 is 0 Å². The molecule has 4 heteroatoms. The van der Waals surface area contributed by atoms with Crippen LogP contribution in [0.4, 0.5) is 5.69 Å². The van der Waals surface area contributed by atoms with Crippen molar-refractivity contribution in [3.63, 3.8) is 0 Å². The van der Waals surface area contributed by atoms with Crippen molar-refractivity contribution in [2.75, 3.05) is 12.8 Å². The predicted octanol–water partition coefficient (Wildman–Crippen LogP) is 1.62. The maximum absolute atomic E-state index is 11.6. The Morgan fingerprint density at radius 2 is 2.20 bits per heavy atom. The second-order valence-electron chi connectivity index (χ2n) is 3.33. The van der Waals surface area contributed by atoms with Crippen molar-refractivity contribution in [3.05, 3.63) is 35.7 Å². The number of carbonyl (C=O) groups is 1. The first kappa shape index (κ1) is 9.58. The van der Waals surface area contributed by atoms with Gasteiger partial charge in [-0.1, -0.05) is 6.07 Å². The van der Waals surface area contributed by atoms with E-state index in [1.165, 1.54) is 7.11 Å². The predicted molar refractivity (Wildman–Crippen MR) is 57.9 cm³/mol. The molecule has 0 fully saturated rings. The van der Waals surface area contributed by atoms with Crippen LogP contribution in [-0.2, 0) is 4.74 Å². The molecule has 0 unspecified atom stereocenters. The number of anilines is 1. The Balaban J connectivity index is 2.83. The maximum Gasteiger partial charge on any atom is 0.355 e. The zero-order chi connectivity index (χ0) is 11.0. The smallest absolute Gasteiger partial charge is 0.355 e. The van der Waals surface area contributed by atoms with E-state index in [2.05, 4.69) is 0 Å². The van der Waals surface area contributed by atoms with Gasteiger partial charge >= 0.3 is 5.97 Å². The number of carbonyl (C=O) groups excluding carboxylic acids is 1. The molecule has 0 saturated heterocycles. The average Bonchev–Trinajstić information content (AvgIpc) is 2.52. The number of pyridine rings is 1. The summed E-state index contributed by atoms with van der Waals surface area (Å²) < 4.78 is 6.47. The number of rotatable bonds is 1. The van der Waals surface area contributed by atoms with Crippen LogP contribution in [0.15, 0.2) is 24.4 Å². The van der Waals surface area contributed by atoms with Gasteiger partial charge in [-0.15, -0.1) is 0 Å². The van der Waals surface area contributed by atoms with E-state index in [4.69, 9.17) is 10.5 Å². The Hall–Kier alpha value is -1.97. The number of hydrogen-bond donors (Lipinski definition) is 1. The van der Waals surface area contributed by atoms with Gasteiger partial charge in [-0.3, -0.25) is 0 Å². The number of esters is 1. The molecule has 0 spiro atoms. The normalized spacial score (nSPS) is 10.5. The summed E-state index contributed by atoms with van der Waals surface area (Å²) in [6.45, 7) is 1.81. The Kier molecular flexibility index (Phi) is 2.11. The molecule has 2 N–H and O–H groups in total. The molecule has 0 aliphatic rings. The van der Waals surface area contributed by atoms with Crippen LogP contribution in [0, 0.1) is 6.92 Å². The second-order valence-corrected chi connectivity index (χ2v) is 3.33. The Morgan fingerprint density at radius 3 is 2.87 bits per heavy atom. The number of fused-ring (bicyclic) bond motifs is 1. The van der Waals surface area contributed by atoms with Gasteiger partial charge in [-0.25, -0.2) is 4.79 Å². The summed E-state index contributed by atoms with van der Waals surface area (Å²) >= 11 is 0. The van der Waals surface area contributed by atoms with E-state index in [1.54, 1.807) is 10.6 Å². The number of nitrogens with zero attached hydrogens (tertiary/aromatic N) is 1. The highest BCUT2D eigenvalue weighted by molar-refractivity contribution is 5.95. The molecule has 0 aliphatic carbocycles. The first-order valence-electron chi connectivity index (χ1n) is 4.60. The fourth-order valence-corrected chi connectivity index (χ4v) is 1.71. The van der Waals surface area contributed by atoms with E-state index >= 15 is 0 Å². The van der Waals surface area contributed by atoms with Crippen molar-refractivity contribution in [1.29, 1.82) is 0 Å². The number of nitrogen functional groups attached to an aromatic ring is 1. The number of aromatic nitrogens is 1. The van der Waals surface area contributed by atoms with Crippen molar-refractivity contribution in [2.45, 2.75) is 6.92 Å². The van der Waals surface area contributed by atoms with Crippen molar-refractivity contribution in [3.8, 4) is 0 Å². The summed E-state index contributed by atoms with van der Waals surface area (Å²) in [5.74, 6) is -0.370. The molecule has 4 nitrogen and oxygen atoms in total. The molecule has 0 aromatic carbocycles. The minimum absolute atomic E-state index is 0.370. The summed E-state index contributed by atoms with van der Waals surface area (Å²) in [6.07, 6.45) is 1.80. The molecule has 0 aliphatic heterocycles. The molecule has 0 amide bonds. The zero-order valence-corrected chi connectivity index (χ0v) is 8.65. The Morgan fingerprint density at radius 1 is 1.47 bits per heavy atom. The molecule has 0 saturated carbocycles. The van der Waals surface area contributed by atoms with E-state index in [9.17, 15) is 4.79 Å². The minimum atomic E-state index is -0.370. The van der Waals surface area contributed by atoms with Gasteiger partial charge in [0.1, 0.15) is 5.69 Å². The lowest BCUT2D eigenvalue weighted by Gasteiger charge is -2.00. The molecule has 0 radical (unpaired) electrons. The van der Waals surface area contributed by atoms with E-state index in [0.29, 0.717) is 11.4 Å². The summed E-state index contributed by atoms with van der Waals surface area (Å²) in [5, 5.41) is 0. The van der Waals surface area contributed by atoms with Gasteiger partial charge in [0.05, 0.1) is 18.3 Å². The summed E-state index contributed by atoms with van der Waals surface area (Å²) in [7, 11) is 1.36. The second kappa shape index (κ2) is 3.31. The van der Waals surface area contributed by atoms with Crippen molar-refractivity contribution >= 4 is 17.2 Å². The van der Waals surface area contributed by atoms with Crippen LogP contribution in [0.2, 0.25) is 0 Å².